The number of hydrogen-bond acceptors (Lipinski definition) is 5. The summed E-state index contributed by atoms with van der Waals surface area (Å²) in [5.74, 6) is -1.77. The van der Waals surface area contributed by atoms with Gasteiger partial charge < -0.3 is 19.7 Å². The van der Waals surface area contributed by atoms with Gasteiger partial charge in [0, 0.05) is 12.0 Å². The third-order valence-electron chi connectivity index (χ3n) is 4.39. The van der Waals surface area contributed by atoms with Crippen LogP contribution in [0.25, 0.3) is 5.76 Å². The lowest BCUT2D eigenvalue weighted by molar-refractivity contribution is -0.307. The van der Waals surface area contributed by atoms with Crippen LogP contribution in [-0.2, 0) is 11.2 Å². The van der Waals surface area contributed by atoms with Crippen molar-refractivity contribution in [2.24, 2.45) is 0 Å². The van der Waals surface area contributed by atoms with Crippen molar-refractivity contribution in [2.45, 2.75) is 31.2 Å². The zero-order valence-corrected chi connectivity index (χ0v) is 15.4. The van der Waals surface area contributed by atoms with Gasteiger partial charge in [-0.15, -0.1) is 0 Å². The molecule has 0 saturated carbocycles. The Morgan fingerprint density at radius 1 is 1.00 bits per heavy atom. The van der Waals surface area contributed by atoms with E-state index in [4.69, 9.17) is 4.74 Å². The van der Waals surface area contributed by atoms with Crippen LogP contribution in [0.5, 0.6) is 5.75 Å². The highest BCUT2D eigenvalue weighted by molar-refractivity contribution is 5.89. The SMILES string of the molecule is O=C(OC(C(F)(F)F)C(F)(F)F)c1ccc(CC2=C(O)c3ccccc3OC2O)cc1. The van der Waals surface area contributed by atoms with Gasteiger partial charge in [0.1, 0.15) is 11.5 Å². The third kappa shape index (κ3) is 4.93. The van der Waals surface area contributed by atoms with E-state index in [-0.39, 0.29) is 23.5 Å². The van der Waals surface area contributed by atoms with E-state index >= 15 is 0 Å². The minimum Gasteiger partial charge on any atom is -0.507 e. The number of esters is 1. The summed E-state index contributed by atoms with van der Waals surface area (Å²) >= 11 is 0. The number of ether oxygens (including phenoxy) is 2. The lowest BCUT2D eigenvalue weighted by Crippen LogP contribution is -2.45. The second kappa shape index (κ2) is 8.14. The van der Waals surface area contributed by atoms with Crippen LogP contribution in [0.3, 0.4) is 0 Å². The Balaban J connectivity index is 1.77. The maximum Gasteiger partial charge on any atom is 0.434 e. The number of halogens is 6. The molecular weight excluding hydrogens is 434 g/mol. The van der Waals surface area contributed by atoms with Crippen molar-refractivity contribution in [1.82, 2.24) is 0 Å². The maximum absolute atomic E-state index is 12.5. The maximum atomic E-state index is 12.5. The van der Waals surface area contributed by atoms with Crippen LogP contribution >= 0.6 is 0 Å². The fourth-order valence-electron chi connectivity index (χ4n) is 2.89. The molecule has 1 aliphatic heterocycles. The van der Waals surface area contributed by atoms with Crippen LogP contribution in [0.15, 0.2) is 54.1 Å². The monoisotopic (exact) mass is 448 g/mol. The molecule has 2 N–H and O–H groups in total. The summed E-state index contributed by atoms with van der Waals surface area (Å²) in [4.78, 5) is 11.8. The van der Waals surface area contributed by atoms with Crippen LogP contribution in [0, 0.1) is 0 Å². The number of fused-ring (bicyclic) bond motifs is 1. The van der Waals surface area contributed by atoms with E-state index < -0.39 is 36.3 Å². The first-order valence-electron chi connectivity index (χ1n) is 8.67. The van der Waals surface area contributed by atoms with Gasteiger partial charge in [0.05, 0.1) is 11.1 Å². The summed E-state index contributed by atoms with van der Waals surface area (Å²) < 4.78 is 84.1. The van der Waals surface area contributed by atoms with Crippen molar-refractivity contribution in [3.05, 3.63) is 70.8 Å². The molecule has 1 aliphatic rings. The topological polar surface area (TPSA) is 76.0 Å². The second-order valence-corrected chi connectivity index (χ2v) is 6.58. The molecule has 1 atom stereocenters. The molecule has 2 aromatic rings. The molecule has 166 valence electrons. The molecule has 31 heavy (non-hydrogen) atoms. The van der Waals surface area contributed by atoms with Gasteiger partial charge in [-0.25, -0.2) is 4.79 Å². The van der Waals surface area contributed by atoms with Crippen LogP contribution < -0.4 is 4.74 Å². The number of benzene rings is 2. The van der Waals surface area contributed by atoms with Crippen molar-refractivity contribution in [3.63, 3.8) is 0 Å². The van der Waals surface area contributed by atoms with E-state index in [0.29, 0.717) is 11.1 Å². The first kappa shape index (κ1) is 22.5. The van der Waals surface area contributed by atoms with Crippen molar-refractivity contribution >= 4 is 11.7 Å². The molecule has 0 fully saturated rings. The van der Waals surface area contributed by atoms with E-state index in [2.05, 4.69) is 4.74 Å². The number of alkyl halides is 6. The molecule has 0 aromatic heterocycles. The van der Waals surface area contributed by atoms with Gasteiger partial charge in [0.2, 0.25) is 6.29 Å². The molecule has 0 radical (unpaired) electrons. The quantitative estimate of drug-likeness (QED) is 0.530. The van der Waals surface area contributed by atoms with Crippen molar-refractivity contribution < 1.29 is 50.8 Å². The predicted molar refractivity (Wildman–Crippen MR) is 94.1 cm³/mol. The number of carbonyl (C=O) groups is 1. The molecule has 5 nitrogen and oxygen atoms in total. The zero-order chi connectivity index (χ0) is 23.0. The van der Waals surface area contributed by atoms with Gasteiger partial charge >= 0.3 is 18.3 Å². The summed E-state index contributed by atoms with van der Waals surface area (Å²) in [5.41, 5.74) is 0.283. The van der Waals surface area contributed by atoms with E-state index in [1.165, 1.54) is 12.1 Å². The smallest absolute Gasteiger partial charge is 0.434 e. The van der Waals surface area contributed by atoms with Gasteiger partial charge in [0.15, 0.2) is 0 Å². The molecule has 0 aliphatic carbocycles. The minimum atomic E-state index is -5.81. The van der Waals surface area contributed by atoms with Gasteiger partial charge in [-0.1, -0.05) is 24.3 Å². The Morgan fingerprint density at radius 2 is 1.58 bits per heavy atom. The Hall–Kier alpha value is -3.21. The van der Waals surface area contributed by atoms with Crippen LogP contribution in [0.1, 0.15) is 21.5 Å². The molecule has 0 saturated heterocycles. The molecule has 1 unspecified atom stereocenters. The second-order valence-electron chi connectivity index (χ2n) is 6.58. The largest absolute Gasteiger partial charge is 0.507 e. The van der Waals surface area contributed by atoms with E-state index in [1.54, 1.807) is 24.3 Å². The fraction of sp³-hybridized carbons (Fsp3) is 0.250. The summed E-state index contributed by atoms with van der Waals surface area (Å²) in [6.07, 6.45) is -17.4. The molecule has 0 spiro atoms. The third-order valence-corrected chi connectivity index (χ3v) is 4.39. The average molecular weight is 448 g/mol. The number of carbonyl (C=O) groups excluding carboxylic acids is 1. The zero-order valence-electron chi connectivity index (χ0n) is 15.4. The molecule has 11 heteroatoms. The van der Waals surface area contributed by atoms with Crippen LogP contribution in [0.4, 0.5) is 26.3 Å². The van der Waals surface area contributed by atoms with E-state index in [9.17, 15) is 41.4 Å². The van der Waals surface area contributed by atoms with Gasteiger partial charge in [-0.05, 0) is 29.8 Å². The Kier molecular flexibility index (Phi) is 5.90. The molecule has 1 heterocycles. The first-order chi connectivity index (χ1) is 14.4. The Bertz CT molecular complexity index is 980. The van der Waals surface area contributed by atoms with Crippen molar-refractivity contribution in [3.8, 4) is 5.75 Å². The van der Waals surface area contributed by atoms with E-state index in [1.807, 2.05) is 0 Å². The standard InChI is InChI=1S/C20H14F6O5/c21-19(22,23)18(20(24,25)26)31-16(28)11-7-5-10(6-8-11)9-13-15(27)12-3-1-2-4-14(12)30-17(13)29/h1-8,17-18,27,29H,9H2. The molecule has 0 bridgehead atoms. The molecule has 0 amide bonds. The minimum absolute atomic E-state index is 0.0651. The summed E-state index contributed by atoms with van der Waals surface area (Å²) in [6.45, 7) is 0. The lowest BCUT2D eigenvalue weighted by Gasteiger charge is -2.25. The van der Waals surface area contributed by atoms with Gasteiger partial charge in [-0.2, -0.15) is 26.3 Å². The lowest BCUT2D eigenvalue weighted by atomic mass is 9.97. The first-order valence-corrected chi connectivity index (χ1v) is 8.67. The highest BCUT2D eigenvalue weighted by atomic mass is 19.4. The average Bonchev–Trinajstić information content (AvgIpc) is 2.68. The number of hydrogen-bond donors (Lipinski definition) is 2. The number of aliphatic hydroxyl groups is 2. The van der Waals surface area contributed by atoms with Gasteiger partial charge in [-0.3, -0.25) is 0 Å². The number of rotatable bonds is 4. The Labute approximate surface area is 171 Å². The van der Waals surface area contributed by atoms with E-state index in [0.717, 1.165) is 12.1 Å². The molecule has 2 aromatic carbocycles. The molecular formula is C20H14F6O5. The fourth-order valence-corrected chi connectivity index (χ4v) is 2.89. The summed E-state index contributed by atoms with van der Waals surface area (Å²) in [5, 5.41) is 20.5. The van der Waals surface area contributed by atoms with Gasteiger partial charge in [0.25, 0.3) is 6.10 Å². The molecule has 3 rings (SSSR count). The highest BCUT2D eigenvalue weighted by Crippen LogP contribution is 2.37. The Morgan fingerprint density at radius 3 is 2.16 bits per heavy atom. The highest BCUT2D eigenvalue weighted by Gasteiger charge is 2.59. The van der Waals surface area contributed by atoms with Crippen LogP contribution in [-0.4, -0.2) is 40.9 Å². The summed E-state index contributed by atoms with van der Waals surface area (Å²) in [7, 11) is 0. The number of aliphatic hydroxyl groups excluding tert-OH is 2. The van der Waals surface area contributed by atoms with Crippen molar-refractivity contribution in [2.75, 3.05) is 0 Å². The summed E-state index contributed by atoms with van der Waals surface area (Å²) in [6, 6.07) is 10.8. The van der Waals surface area contributed by atoms with Crippen molar-refractivity contribution in [1.29, 1.82) is 0 Å². The number of para-hydroxylation sites is 1. The normalized spacial score (nSPS) is 16.7. The predicted octanol–water partition coefficient (Wildman–Crippen LogP) is 4.56. The van der Waals surface area contributed by atoms with Crippen LogP contribution in [0.2, 0.25) is 0 Å².